The third-order valence-corrected chi connectivity index (χ3v) is 6.83. The Hall–Kier alpha value is -0.0800. The predicted octanol–water partition coefficient (Wildman–Crippen LogP) is 3.91. The van der Waals surface area contributed by atoms with Gasteiger partial charge in [0.05, 0.1) is 0 Å². The van der Waals surface area contributed by atoms with Crippen molar-refractivity contribution in [1.29, 1.82) is 0 Å². The van der Waals surface area contributed by atoms with Crippen molar-refractivity contribution in [3.05, 3.63) is 0 Å². The van der Waals surface area contributed by atoms with Crippen molar-refractivity contribution in [2.24, 2.45) is 23.2 Å². The first-order chi connectivity index (χ1) is 10.1. The predicted molar refractivity (Wildman–Crippen MR) is 90.5 cm³/mol. The van der Waals surface area contributed by atoms with E-state index in [0.717, 1.165) is 30.3 Å². The van der Waals surface area contributed by atoms with Crippen LogP contribution in [0.1, 0.15) is 66.2 Å². The zero-order chi connectivity index (χ0) is 15.0. The van der Waals surface area contributed by atoms with Crippen LogP contribution >= 0.6 is 0 Å². The second kappa shape index (κ2) is 6.20. The average Bonchev–Trinajstić information content (AvgIpc) is 2.41. The summed E-state index contributed by atoms with van der Waals surface area (Å²) < 4.78 is 0. The lowest BCUT2D eigenvalue weighted by Gasteiger charge is -2.60. The summed E-state index contributed by atoms with van der Waals surface area (Å²) in [5.74, 6) is 3.18. The van der Waals surface area contributed by atoms with E-state index in [1.165, 1.54) is 32.4 Å². The molecule has 0 heterocycles. The van der Waals surface area contributed by atoms with Crippen LogP contribution in [0.2, 0.25) is 0 Å². The van der Waals surface area contributed by atoms with E-state index in [-0.39, 0.29) is 0 Å². The fourth-order valence-corrected chi connectivity index (χ4v) is 6.27. The Kier molecular flexibility index (Phi) is 4.66. The van der Waals surface area contributed by atoms with E-state index >= 15 is 0 Å². The second-order valence-electron chi connectivity index (χ2n) is 8.57. The monoisotopic (exact) mass is 292 g/mol. The normalized spacial score (nSPS) is 39.4. The van der Waals surface area contributed by atoms with Gasteiger partial charge in [-0.1, -0.05) is 13.8 Å². The SMILES string of the molecule is CCNC(CN(CC)C(C)C)C12CC3CC(CC(C3)C1)C2. The maximum Gasteiger partial charge on any atom is 0.0251 e. The molecule has 0 amide bonds. The van der Waals surface area contributed by atoms with E-state index in [2.05, 4.69) is 37.9 Å². The molecule has 0 saturated heterocycles. The van der Waals surface area contributed by atoms with Crippen molar-refractivity contribution >= 4 is 0 Å². The van der Waals surface area contributed by atoms with Gasteiger partial charge in [0.2, 0.25) is 0 Å². The molecule has 0 aromatic rings. The highest BCUT2D eigenvalue weighted by molar-refractivity contribution is 5.06. The minimum atomic E-state index is 0.632. The van der Waals surface area contributed by atoms with Gasteiger partial charge in [0.25, 0.3) is 0 Å². The Morgan fingerprint density at radius 3 is 1.90 bits per heavy atom. The lowest BCUT2D eigenvalue weighted by atomic mass is 9.47. The Labute approximate surface area is 132 Å². The first-order valence-corrected chi connectivity index (χ1v) is 9.53. The molecule has 0 radical (unpaired) electrons. The van der Waals surface area contributed by atoms with Crippen LogP contribution in [0, 0.1) is 23.2 Å². The summed E-state index contributed by atoms with van der Waals surface area (Å²) in [4.78, 5) is 2.67. The first-order valence-electron chi connectivity index (χ1n) is 9.53. The topological polar surface area (TPSA) is 15.3 Å². The largest absolute Gasteiger partial charge is 0.312 e. The van der Waals surface area contributed by atoms with Crippen molar-refractivity contribution in [1.82, 2.24) is 10.2 Å². The molecule has 0 aliphatic heterocycles. The number of hydrogen-bond acceptors (Lipinski definition) is 2. The summed E-state index contributed by atoms with van der Waals surface area (Å²) in [5.41, 5.74) is 0.632. The molecule has 21 heavy (non-hydrogen) atoms. The van der Waals surface area contributed by atoms with Gasteiger partial charge in [-0.25, -0.2) is 0 Å². The number of nitrogens with one attached hydrogen (secondary N) is 1. The number of rotatable bonds is 7. The van der Waals surface area contributed by atoms with Gasteiger partial charge in [-0.3, -0.25) is 4.90 Å². The van der Waals surface area contributed by atoms with Crippen LogP contribution < -0.4 is 5.32 Å². The van der Waals surface area contributed by atoms with Gasteiger partial charge in [0.15, 0.2) is 0 Å². The zero-order valence-electron chi connectivity index (χ0n) is 14.7. The molecule has 1 atom stereocenters. The zero-order valence-corrected chi connectivity index (χ0v) is 14.7. The standard InChI is InChI=1S/C19H36N2/c1-5-20-18(13-21(6-2)14(3)4)19-10-15-7-16(11-19)9-17(8-15)12-19/h14-18,20H,5-13H2,1-4H3. The second-order valence-corrected chi connectivity index (χ2v) is 8.57. The van der Waals surface area contributed by atoms with Crippen LogP contribution in [0.5, 0.6) is 0 Å². The van der Waals surface area contributed by atoms with Crippen LogP contribution in [0.3, 0.4) is 0 Å². The molecule has 2 nitrogen and oxygen atoms in total. The molecule has 4 fully saturated rings. The van der Waals surface area contributed by atoms with Crippen molar-refractivity contribution in [2.75, 3.05) is 19.6 Å². The van der Waals surface area contributed by atoms with Gasteiger partial charge in [-0.15, -0.1) is 0 Å². The molecule has 0 aromatic heterocycles. The van der Waals surface area contributed by atoms with Gasteiger partial charge in [0.1, 0.15) is 0 Å². The molecule has 4 aliphatic carbocycles. The number of hydrogen-bond donors (Lipinski definition) is 1. The lowest BCUT2D eigenvalue weighted by Crippen LogP contribution is -2.59. The van der Waals surface area contributed by atoms with Crippen molar-refractivity contribution in [3.8, 4) is 0 Å². The molecule has 122 valence electrons. The summed E-state index contributed by atoms with van der Waals surface area (Å²) in [7, 11) is 0. The van der Waals surface area contributed by atoms with E-state index in [9.17, 15) is 0 Å². The Balaban J connectivity index is 1.76. The Morgan fingerprint density at radius 1 is 1.00 bits per heavy atom. The average molecular weight is 293 g/mol. The quantitative estimate of drug-likeness (QED) is 0.765. The van der Waals surface area contributed by atoms with Crippen LogP contribution in [0.25, 0.3) is 0 Å². The summed E-state index contributed by atoms with van der Waals surface area (Å²) in [5, 5.41) is 3.92. The van der Waals surface area contributed by atoms with Crippen LogP contribution in [0.15, 0.2) is 0 Å². The fourth-order valence-electron chi connectivity index (χ4n) is 6.27. The number of likely N-dealkylation sites (N-methyl/N-ethyl adjacent to an activating group) is 2. The fraction of sp³-hybridized carbons (Fsp3) is 1.00. The molecular formula is C19H36N2. The summed E-state index contributed by atoms with van der Waals surface area (Å²) in [6, 6.07) is 1.39. The van der Waals surface area contributed by atoms with E-state index in [4.69, 9.17) is 0 Å². The van der Waals surface area contributed by atoms with Crippen LogP contribution in [-0.2, 0) is 0 Å². The molecule has 4 saturated carbocycles. The molecule has 0 spiro atoms. The summed E-state index contributed by atoms with van der Waals surface area (Å²) in [6.45, 7) is 12.9. The molecular weight excluding hydrogens is 256 g/mol. The van der Waals surface area contributed by atoms with E-state index < -0.39 is 0 Å². The van der Waals surface area contributed by atoms with Gasteiger partial charge in [-0.05, 0) is 88.6 Å². The lowest BCUT2D eigenvalue weighted by molar-refractivity contribution is -0.0795. The highest BCUT2D eigenvalue weighted by atomic mass is 15.2. The molecule has 1 unspecified atom stereocenters. The first kappa shape index (κ1) is 15.8. The van der Waals surface area contributed by atoms with Crippen LogP contribution in [0.4, 0.5) is 0 Å². The highest BCUT2D eigenvalue weighted by Gasteiger charge is 2.54. The smallest absolute Gasteiger partial charge is 0.0251 e. The maximum absolute atomic E-state index is 3.92. The van der Waals surface area contributed by atoms with Crippen molar-refractivity contribution < 1.29 is 0 Å². The highest BCUT2D eigenvalue weighted by Crippen LogP contribution is 2.61. The van der Waals surface area contributed by atoms with Gasteiger partial charge in [0, 0.05) is 18.6 Å². The van der Waals surface area contributed by atoms with E-state index in [1.54, 1.807) is 19.3 Å². The van der Waals surface area contributed by atoms with Crippen LogP contribution in [-0.4, -0.2) is 36.6 Å². The van der Waals surface area contributed by atoms with Gasteiger partial charge < -0.3 is 5.32 Å². The third kappa shape index (κ3) is 3.03. The Morgan fingerprint density at radius 2 is 1.52 bits per heavy atom. The van der Waals surface area contributed by atoms with E-state index in [1.807, 2.05) is 0 Å². The molecule has 1 N–H and O–H groups in total. The molecule has 2 heteroatoms. The summed E-state index contributed by atoms with van der Waals surface area (Å²) in [6.07, 6.45) is 9.23. The Bertz CT molecular complexity index is 314. The molecule has 4 rings (SSSR count). The minimum absolute atomic E-state index is 0.632. The number of nitrogens with zero attached hydrogens (tertiary/aromatic N) is 1. The molecule has 4 aliphatic rings. The van der Waals surface area contributed by atoms with Crippen molar-refractivity contribution in [2.45, 2.75) is 78.3 Å². The maximum atomic E-state index is 3.92. The third-order valence-electron chi connectivity index (χ3n) is 6.83. The summed E-state index contributed by atoms with van der Waals surface area (Å²) >= 11 is 0. The molecule has 4 bridgehead atoms. The van der Waals surface area contributed by atoms with E-state index in [0.29, 0.717) is 11.5 Å². The van der Waals surface area contributed by atoms with Crippen molar-refractivity contribution in [3.63, 3.8) is 0 Å². The minimum Gasteiger partial charge on any atom is -0.312 e. The molecule has 0 aromatic carbocycles. The van der Waals surface area contributed by atoms with Gasteiger partial charge >= 0.3 is 0 Å². The van der Waals surface area contributed by atoms with Gasteiger partial charge in [-0.2, -0.15) is 0 Å².